The second-order valence-electron chi connectivity index (χ2n) is 4.73. The van der Waals surface area contributed by atoms with Crippen molar-refractivity contribution in [3.05, 3.63) is 0 Å². The highest BCUT2D eigenvalue weighted by Gasteiger charge is 2.31. The Hall–Kier alpha value is -0.320. The molecule has 0 bridgehead atoms. The number of amides is 1. The third-order valence-corrected chi connectivity index (χ3v) is 3.48. The fourth-order valence-electron chi connectivity index (χ4n) is 2.09. The summed E-state index contributed by atoms with van der Waals surface area (Å²) in [5.74, 6) is 0.203. The summed E-state index contributed by atoms with van der Waals surface area (Å²) in [4.78, 5) is 14.1. The number of nitrogens with one attached hydrogen (secondary N) is 2. The first kappa shape index (κ1) is 13.7. The summed E-state index contributed by atoms with van der Waals surface area (Å²) in [5, 5.41) is 6.33. The van der Waals surface area contributed by atoms with Crippen molar-refractivity contribution >= 4 is 18.3 Å². The Morgan fingerprint density at radius 1 is 1.31 bits per heavy atom. The van der Waals surface area contributed by atoms with Crippen LogP contribution in [0.1, 0.15) is 26.2 Å². The highest BCUT2D eigenvalue weighted by atomic mass is 35.5. The summed E-state index contributed by atoms with van der Waals surface area (Å²) >= 11 is 0. The smallest absolute Gasteiger partial charge is 0.237 e. The van der Waals surface area contributed by atoms with Gasteiger partial charge >= 0.3 is 0 Å². The second-order valence-corrected chi connectivity index (χ2v) is 4.73. The Balaban J connectivity index is 0.00000128. The molecular formula is C11H22ClN3O. The van der Waals surface area contributed by atoms with Crippen molar-refractivity contribution in [2.45, 2.75) is 44.3 Å². The molecule has 2 N–H and O–H groups in total. The Labute approximate surface area is 104 Å². The highest BCUT2D eigenvalue weighted by Crippen LogP contribution is 2.19. The molecule has 94 valence electrons. The fraction of sp³-hybridized carbons (Fsp3) is 0.909. The standard InChI is InChI=1S/C11H21N3O.ClH/c1-8(11(15)13-9-3-4-9)14-6-5-10(7-14)12-2;/h8-10,12H,3-7H2,1-2H3,(H,13,15);1H. The minimum Gasteiger partial charge on any atom is -0.352 e. The maximum absolute atomic E-state index is 11.8. The van der Waals surface area contributed by atoms with Crippen LogP contribution in [0.2, 0.25) is 0 Å². The van der Waals surface area contributed by atoms with Crippen molar-refractivity contribution in [3.8, 4) is 0 Å². The molecule has 1 saturated carbocycles. The van der Waals surface area contributed by atoms with Crippen molar-refractivity contribution in [2.24, 2.45) is 0 Å². The number of hydrogen-bond acceptors (Lipinski definition) is 3. The molecule has 1 amide bonds. The molecule has 0 radical (unpaired) electrons. The Morgan fingerprint density at radius 3 is 2.50 bits per heavy atom. The maximum atomic E-state index is 11.8. The third kappa shape index (κ3) is 3.34. The summed E-state index contributed by atoms with van der Waals surface area (Å²) in [5.41, 5.74) is 0. The minimum atomic E-state index is 0. The van der Waals surface area contributed by atoms with Crippen LogP contribution < -0.4 is 10.6 Å². The van der Waals surface area contributed by atoms with Crippen molar-refractivity contribution in [2.75, 3.05) is 20.1 Å². The molecule has 5 heteroatoms. The molecule has 1 aliphatic heterocycles. The van der Waals surface area contributed by atoms with Crippen LogP contribution >= 0.6 is 12.4 Å². The number of carbonyl (C=O) groups is 1. The molecule has 16 heavy (non-hydrogen) atoms. The van der Waals surface area contributed by atoms with Crippen molar-refractivity contribution in [1.82, 2.24) is 15.5 Å². The van der Waals surface area contributed by atoms with Gasteiger partial charge in [-0.3, -0.25) is 9.69 Å². The van der Waals surface area contributed by atoms with E-state index in [1.807, 2.05) is 14.0 Å². The van der Waals surface area contributed by atoms with Gasteiger partial charge in [-0.15, -0.1) is 12.4 Å². The van der Waals surface area contributed by atoms with Crippen molar-refractivity contribution in [1.29, 1.82) is 0 Å². The minimum absolute atomic E-state index is 0. The average Bonchev–Trinajstić information content (AvgIpc) is 2.92. The monoisotopic (exact) mass is 247 g/mol. The van der Waals surface area contributed by atoms with E-state index in [1.165, 1.54) is 0 Å². The molecule has 1 saturated heterocycles. The van der Waals surface area contributed by atoms with E-state index in [4.69, 9.17) is 0 Å². The molecule has 1 aliphatic carbocycles. The molecule has 2 aliphatic rings. The van der Waals surface area contributed by atoms with Crippen molar-refractivity contribution in [3.63, 3.8) is 0 Å². The molecule has 0 aromatic rings. The molecule has 0 aromatic carbocycles. The van der Waals surface area contributed by atoms with E-state index in [2.05, 4.69) is 15.5 Å². The molecule has 4 nitrogen and oxygen atoms in total. The number of rotatable bonds is 4. The van der Waals surface area contributed by atoms with Crippen LogP contribution in [0.15, 0.2) is 0 Å². The molecule has 2 unspecified atom stereocenters. The zero-order chi connectivity index (χ0) is 10.8. The molecule has 1 heterocycles. The van der Waals surface area contributed by atoms with E-state index in [0.29, 0.717) is 12.1 Å². The molecule has 2 rings (SSSR count). The van der Waals surface area contributed by atoms with Crippen molar-refractivity contribution < 1.29 is 4.79 Å². The van der Waals surface area contributed by atoms with Gasteiger partial charge in [0.2, 0.25) is 5.91 Å². The van der Waals surface area contributed by atoms with E-state index < -0.39 is 0 Å². The Morgan fingerprint density at radius 2 is 2.00 bits per heavy atom. The van der Waals surface area contributed by atoms with Crippen LogP contribution in [0.5, 0.6) is 0 Å². The van der Waals surface area contributed by atoms with Gasteiger partial charge in [-0.2, -0.15) is 0 Å². The topological polar surface area (TPSA) is 44.4 Å². The van der Waals surface area contributed by atoms with E-state index in [-0.39, 0.29) is 24.4 Å². The first-order valence-electron chi connectivity index (χ1n) is 5.92. The Bertz CT molecular complexity index is 245. The number of halogens is 1. The van der Waals surface area contributed by atoms with Gasteiger partial charge in [-0.25, -0.2) is 0 Å². The summed E-state index contributed by atoms with van der Waals surface area (Å²) in [6, 6.07) is 1.06. The van der Waals surface area contributed by atoms with Gasteiger partial charge in [0.05, 0.1) is 6.04 Å². The van der Waals surface area contributed by atoms with E-state index in [9.17, 15) is 4.79 Å². The average molecular weight is 248 g/mol. The number of carbonyl (C=O) groups excluding carboxylic acids is 1. The van der Waals surface area contributed by atoms with Gasteiger partial charge in [0.25, 0.3) is 0 Å². The molecule has 2 fully saturated rings. The SMILES string of the molecule is CNC1CCN(C(C)C(=O)NC2CC2)C1.Cl. The fourth-order valence-corrected chi connectivity index (χ4v) is 2.09. The summed E-state index contributed by atoms with van der Waals surface area (Å²) in [6.45, 7) is 4.04. The summed E-state index contributed by atoms with van der Waals surface area (Å²) < 4.78 is 0. The normalized spacial score (nSPS) is 27.2. The quantitative estimate of drug-likeness (QED) is 0.755. The lowest BCUT2D eigenvalue weighted by molar-refractivity contribution is -0.125. The Kier molecular flexibility index (Phi) is 5.02. The molecule has 0 aromatic heterocycles. The molecule has 2 atom stereocenters. The van der Waals surface area contributed by atoms with Gasteiger partial charge in [0.15, 0.2) is 0 Å². The van der Waals surface area contributed by atoms with Crippen LogP contribution in [0, 0.1) is 0 Å². The van der Waals surface area contributed by atoms with E-state index >= 15 is 0 Å². The zero-order valence-corrected chi connectivity index (χ0v) is 10.8. The predicted octanol–water partition coefficient (Wildman–Crippen LogP) is 0.369. The predicted molar refractivity (Wildman–Crippen MR) is 66.9 cm³/mol. The van der Waals surface area contributed by atoms with Crippen LogP contribution in [0.4, 0.5) is 0 Å². The van der Waals surface area contributed by atoms with Crippen LogP contribution in [-0.2, 0) is 4.79 Å². The van der Waals surface area contributed by atoms with Crippen LogP contribution in [0.25, 0.3) is 0 Å². The number of hydrogen-bond donors (Lipinski definition) is 2. The third-order valence-electron chi connectivity index (χ3n) is 3.48. The van der Waals surface area contributed by atoms with Gasteiger partial charge in [0, 0.05) is 25.2 Å². The first-order valence-corrected chi connectivity index (χ1v) is 5.92. The maximum Gasteiger partial charge on any atom is 0.237 e. The zero-order valence-electron chi connectivity index (χ0n) is 10.0. The summed E-state index contributed by atoms with van der Waals surface area (Å²) in [6.07, 6.45) is 3.48. The lowest BCUT2D eigenvalue weighted by Crippen LogP contribution is -2.45. The second kappa shape index (κ2) is 5.84. The van der Waals surface area contributed by atoms with Gasteiger partial charge < -0.3 is 10.6 Å². The first-order chi connectivity index (χ1) is 7.20. The highest BCUT2D eigenvalue weighted by molar-refractivity contribution is 5.85. The van der Waals surface area contributed by atoms with Crippen LogP contribution in [-0.4, -0.2) is 49.1 Å². The van der Waals surface area contributed by atoms with Crippen LogP contribution in [0.3, 0.4) is 0 Å². The number of likely N-dealkylation sites (tertiary alicyclic amines) is 1. The largest absolute Gasteiger partial charge is 0.352 e. The van der Waals surface area contributed by atoms with E-state index in [0.717, 1.165) is 32.4 Å². The van der Waals surface area contributed by atoms with Gasteiger partial charge in [0.1, 0.15) is 0 Å². The summed E-state index contributed by atoms with van der Waals surface area (Å²) in [7, 11) is 1.99. The van der Waals surface area contributed by atoms with E-state index in [1.54, 1.807) is 0 Å². The van der Waals surface area contributed by atoms with Gasteiger partial charge in [-0.1, -0.05) is 0 Å². The number of nitrogens with zero attached hydrogens (tertiary/aromatic N) is 1. The lowest BCUT2D eigenvalue weighted by atomic mass is 10.2. The molecule has 0 spiro atoms. The lowest BCUT2D eigenvalue weighted by Gasteiger charge is -2.23. The molecular weight excluding hydrogens is 226 g/mol. The van der Waals surface area contributed by atoms with Gasteiger partial charge in [-0.05, 0) is 33.2 Å². The number of likely N-dealkylation sites (N-methyl/N-ethyl adjacent to an activating group) is 1.